The van der Waals surface area contributed by atoms with Crippen LogP contribution in [0.15, 0.2) is 28.8 Å². The van der Waals surface area contributed by atoms with Crippen molar-refractivity contribution in [3.63, 3.8) is 0 Å². The summed E-state index contributed by atoms with van der Waals surface area (Å²) in [6, 6.07) is 8.19. The molecule has 0 unspecified atom stereocenters. The van der Waals surface area contributed by atoms with E-state index in [2.05, 4.69) is 30.0 Å². The summed E-state index contributed by atoms with van der Waals surface area (Å²) in [7, 11) is 0. The summed E-state index contributed by atoms with van der Waals surface area (Å²) in [5.74, 6) is 2.28. The zero-order valence-corrected chi connectivity index (χ0v) is 21.4. The number of carbonyl (C=O) groups is 1. The van der Waals surface area contributed by atoms with Gasteiger partial charge in [0.1, 0.15) is 5.60 Å². The van der Waals surface area contributed by atoms with Gasteiger partial charge in [-0.2, -0.15) is 14.8 Å². The lowest BCUT2D eigenvalue weighted by Gasteiger charge is -2.43. The smallest absolute Gasteiger partial charge is 0.410 e. The van der Waals surface area contributed by atoms with Crippen molar-refractivity contribution in [3.8, 4) is 5.95 Å². The minimum atomic E-state index is -0.445. The summed E-state index contributed by atoms with van der Waals surface area (Å²) in [6.45, 7) is 14.5. The van der Waals surface area contributed by atoms with Gasteiger partial charge in [-0.25, -0.2) is 4.79 Å². The zero-order chi connectivity index (χ0) is 24.7. The van der Waals surface area contributed by atoms with Gasteiger partial charge in [0.25, 0.3) is 5.95 Å². The predicted octanol–water partition coefficient (Wildman–Crippen LogP) is 4.58. The number of nitrogens with zero attached hydrogens (tertiary/aromatic N) is 6. The molecule has 2 saturated heterocycles. The Morgan fingerprint density at radius 3 is 2.57 bits per heavy atom. The number of fused-ring (bicyclic) bond motifs is 1. The van der Waals surface area contributed by atoms with Crippen molar-refractivity contribution in [3.05, 3.63) is 35.9 Å². The third kappa shape index (κ3) is 5.05. The van der Waals surface area contributed by atoms with E-state index in [1.807, 2.05) is 39.0 Å². The first kappa shape index (κ1) is 23.8. The van der Waals surface area contributed by atoms with E-state index in [4.69, 9.17) is 19.3 Å². The van der Waals surface area contributed by atoms with E-state index in [1.54, 1.807) is 9.58 Å². The van der Waals surface area contributed by atoms with Crippen LogP contribution in [0.1, 0.15) is 70.9 Å². The molecule has 0 atom stereocenters. The molecule has 2 fully saturated rings. The summed E-state index contributed by atoms with van der Waals surface area (Å²) < 4.78 is 13.0. The number of carbonyl (C=O) groups excluding carboxylic acids is 1. The van der Waals surface area contributed by atoms with Crippen molar-refractivity contribution < 1.29 is 14.1 Å². The van der Waals surface area contributed by atoms with Gasteiger partial charge in [0.05, 0.1) is 11.2 Å². The SMILES string of the molecule is CC(C)c1nn(-c2noc(C3CCN(CC4CN(C(=O)OC(C)(C)C)C4)CC3)n2)c2ccccc12. The number of aromatic nitrogens is 4. The molecule has 4 heterocycles. The lowest BCUT2D eigenvalue weighted by atomic mass is 9.94. The number of piperidine rings is 1. The second kappa shape index (κ2) is 9.26. The molecule has 2 aromatic heterocycles. The van der Waals surface area contributed by atoms with Crippen LogP contribution in [0.25, 0.3) is 16.9 Å². The highest BCUT2D eigenvalue weighted by Crippen LogP contribution is 2.30. The van der Waals surface area contributed by atoms with Crippen LogP contribution in [0.4, 0.5) is 4.79 Å². The molecule has 188 valence electrons. The summed E-state index contributed by atoms with van der Waals surface area (Å²) in [4.78, 5) is 21.2. The molecule has 0 spiro atoms. The van der Waals surface area contributed by atoms with Gasteiger partial charge in [-0.3, -0.25) is 0 Å². The Balaban J connectivity index is 1.16. The summed E-state index contributed by atoms with van der Waals surface area (Å²) in [6.07, 6.45) is 1.77. The number of benzene rings is 1. The highest BCUT2D eigenvalue weighted by molar-refractivity contribution is 5.83. The molecular formula is C26H36N6O3. The Morgan fingerprint density at radius 2 is 1.89 bits per heavy atom. The molecule has 2 aliphatic rings. The largest absolute Gasteiger partial charge is 0.444 e. The van der Waals surface area contributed by atoms with Gasteiger partial charge in [-0.1, -0.05) is 32.0 Å². The van der Waals surface area contributed by atoms with Gasteiger partial charge < -0.3 is 19.1 Å². The van der Waals surface area contributed by atoms with Crippen molar-refractivity contribution in [2.75, 3.05) is 32.7 Å². The van der Waals surface area contributed by atoms with Crippen LogP contribution in [-0.2, 0) is 4.74 Å². The second-order valence-electron chi connectivity index (χ2n) is 11.2. The summed E-state index contributed by atoms with van der Waals surface area (Å²) >= 11 is 0. The van der Waals surface area contributed by atoms with E-state index in [-0.39, 0.29) is 12.0 Å². The number of para-hydroxylation sites is 1. The number of likely N-dealkylation sites (tertiary alicyclic amines) is 2. The molecule has 0 radical (unpaired) electrons. The van der Waals surface area contributed by atoms with Gasteiger partial charge in [0.15, 0.2) is 0 Å². The van der Waals surface area contributed by atoms with Crippen LogP contribution in [0.3, 0.4) is 0 Å². The zero-order valence-electron chi connectivity index (χ0n) is 21.4. The maximum Gasteiger partial charge on any atom is 0.410 e. The van der Waals surface area contributed by atoms with Crippen LogP contribution in [0, 0.1) is 5.92 Å². The third-order valence-corrected chi connectivity index (χ3v) is 6.85. The average Bonchev–Trinajstić information content (AvgIpc) is 3.40. The van der Waals surface area contributed by atoms with E-state index >= 15 is 0 Å². The van der Waals surface area contributed by atoms with Crippen molar-refractivity contribution >= 4 is 17.0 Å². The average molecular weight is 481 g/mol. The number of ether oxygens (including phenoxy) is 1. The minimum absolute atomic E-state index is 0.204. The second-order valence-corrected chi connectivity index (χ2v) is 11.2. The fourth-order valence-electron chi connectivity index (χ4n) is 5.04. The Bertz CT molecular complexity index is 1180. The van der Waals surface area contributed by atoms with Crippen molar-refractivity contribution in [1.82, 2.24) is 29.7 Å². The number of hydrogen-bond donors (Lipinski definition) is 0. The lowest BCUT2D eigenvalue weighted by Crippen LogP contribution is -2.55. The lowest BCUT2D eigenvalue weighted by molar-refractivity contribution is -0.00767. The normalized spacial score (nSPS) is 18.4. The molecule has 9 heteroatoms. The highest BCUT2D eigenvalue weighted by atomic mass is 16.6. The van der Waals surface area contributed by atoms with Gasteiger partial charge >= 0.3 is 6.09 Å². The molecule has 1 aromatic carbocycles. The molecule has 2 aliphatic heterocycles. The van der Waals surface area contributed by atoms with E-state index < -0.39 is 5.60 Å². The summed E-state index contributed by atoms with van der Waals surface area (Å²) in [5.41, 5.74) is 1.60. The van der Waals surface area contributed by atoms with Gasteiger partial charge in [0.2, 0.25) is 5.89 Å². The molecule has 3 aromatic rings. The monoisotopic (exact) mass is 480 g/mol. The van der Waals surface area contributed by atoms with Crippen molar-refractivity contribution in [2.45, 2.75) is 64.9 Å². The first-order valence-corrected chi connectivity index (χ1v) is 12.7. The van der Waals surface area contributed by atoms with E-state index in [9.17, 15) is 4.79 Å². The minimum Gasteiger partial charge on any atom is -0.444 e. The van der Waals surface area contributed by atoms with Gasteiger partial charge in [-0.05, 0) is 63.8 Å². The standard InChI is InChI=1S/C26H36N6O3/c1-17(2)22-20-8-6-7-9-21(20)32(28-22)24-27-23(35-29-24)19-10-12-30(13-11-19)14-18-15-31(16-18)25(33)34-26(3,4)5/h6-9,17-19H,10-16H2,1-5H3. The quantitative estimate of drug-likeness (QED) is 0.528. The highest BCUT2D eigenvalue weighted by Gasteiger charge is 2.35. The maximum absolute atomic E-state index is 12.2. The van der Waals surface area contributed by atoms with Gasteiger partial charge in [-0.15, -0.1) is 0 Å². The molecule has 9 nitrogen and oxygen atoms in total. The van der Waals surface area contributed by atoms with Crippen LogP contribution >= 0.6 is 0 Å². The molecule has 1 amide bonds. The van der Waals surface area contributed by atoms with Crippen LogP contribution < -0.4 is 0 Å². The Labute approximate surface area is 206 Å². The first-order chi connectivity index (χ1) is 16.7. The Kier molecular flexibility index (Phi) is 6.29. The van der Waals surface area contributed by atoms with Crippen molar-refractivity contribution in [2.24, 2.45) is 5.92 Å². The van der Waals surface area contributed by atoms with E-state index in [1.165, 1.54) is 0 Å². The Morgan fingerprint density at radius 1 is 1.17 bits per heavy atom. The van der Waals surface area contributed by atoms with Crippen LogP contribution in [0.5, 0.6) is 0 Å². The molecule has 0 saturated carbocycles. The van der Waals surface area contributed by atoms with Gasteiger partial charge in [0, 0.05) is 36.9 Å². The third-order valence-electron chi connectivity index (χ3n) is 6.85. The maximum atomic E-state index is 12.2. The predicted molar refractivity (Wildman–Crippen MR) is 133 cm³/mol. The fraction of sp³-hybridized carbons (Fsp3) is 0.615. The van der Waals surface area contributed by atoms with Crippen LogP contribution in [-0.4, -0.2) is 74.1 Å². The number of hydrogen-bond acceptors (Lipinski definition) is 7. The molecule has 5 rings (SSSR count). The van der Waals surface area contributed by atoms with E-state index in [0.29, 0.717) is 23.7 Å². The van der Waals surface area contributed by atoms with E-state index in [0.717, 1.165) is 62.2 Å². The molecule has 0 aliphatic carbocycles. The Hall–Kier alpha value is -2.94. The van der Waals surface area contributed by atoms with Crippen LogP contribution in [0.2, 0.25) is 0 Å². The summed E-state index contributed by atoms with van der Waals surface area (Å²) in [5, 5.41) is 10.2. The fourth-order valence-corrected chi connectivity index (χ4v) is 5.04. The molecule has 35 heavy (non-hydrogen) atoms. The number of amides is 1. The van der Waals surface area contributed by atoms with Crippen molar-refractivity contribution in [1.29, 1.82) is 0 Å². The molecule has 0 N–H and O–H groups in total. The first-order valence-electron chi connectivity index (χ1n) is 12.7. The molecular weight excluding hydrogens is 444 g/mol. The molecule has 0 bridgehead atoms. The topological polar surface area (TPSA) is 89.5 Å². The number of rotatable bonds is 5.